The van der Waals surface area contributed by atoms with Crippen molar-refractivity contribution in [1.29, 1.82) is 5.26 Å². The monoisotopic (exact) mass is 466 g/mol. The largest absolute Gasteiger partial charge is 0.351 e. The SMILES string of the molecule is N#CCCNC(=O)c1cc(F)cc(-c2cccc3cc(Cc4ccc(F)c(Cl)c4)sc23)c1. The van der Waals surface area contributed by atoms with Crippen molar-refractivity contribution < 1.29 is 13.6 Å². The van der Waals surface area contributed by atoms with E-state index < -0.39 is 17.5 Å². The second-order valence-corrected chi connectivity index (χ2v) is 8.80. The number of hydrogen-bond acceptors (Lipinski definition) is 3. The average molecular weight is 467 g/mol. The fourth-order valence-corrected chi connectivity index (χ4v) is 4.92. The summed E-state index contributed by atoms with van der Waals surface area (Å²) in [7, 11) is 0. The molecular formula is C25H17ClF2N2OS. The van der Waals surface area contributed by atoms with Crippen molar-refractivity contribution in [2.75, 3.05) is 6.54 Å². The van der Waals surface area contributed by atoms with Gasteiger partial charge in [-0.05, 0) is 58.5 Å². The predicted octanol–water partition coefficient (Wildman–Crippen LogP) is 6.73. The Bertz CT molecular complexity index is 1360. The molecule has 4 rings (SSSR count). The molecule has 4 aromatic rings. The Morgan fingerprint density at radius 2 is 1.94 bits per heavy atom. The topological polar surface area (TPSA) is 52.9 Å². The Hall–Kier alpha value is -3.27. The van der Waals surface area contributed by atoms with E-state index >= 15 is 0 Å². The van der Waals surface area contributed by atoms with Gasteiger partial charge in [-0.2, -0.15) is 5.26 Å². The van der Waals surface area contributed by atoms with Crippen molar-refractivity contribution in [1.82, 2.24) is 5.32 Å². The Morgan fingerprint density at radius 3 is 2.72 bits per heavy atom. The fraction of sp³-hybridized carbons (Fsp3) is 0.120. The molecule has 0 aliphatic heterocycles. The number of thiophene rings is 1. The molecule has 0 fully saturated rings. The molecule has 0 aliphatic rings. The van der Waals surface area contributed by atoms with Crippen molar-refractivity contribution in [3.63, 3.8) is 0 Å². The van der Waals surface area contributed by atoms with Gasteiger partial charge in [-0.25, -0.2) is 8.78 Å². The first kappa shape index (κ1) is 21.9. The highest BCUT2D eigenvalue weighted by molar-refractivity contribution is 7.19. The lowest BCUT2D eigenvalue weighted by Crippen LogP contribution is -2.24. The molecule has 1 N–H and O–H groups in total. The van der Waals surface area contributed by atoms with Gasteiger partial charge in [0.15, 0.2) is 0 Å². The number of halogens is 3. The van der Waals surface area contributed by atoms with Crippen LogP contribution in [0.3, 0.4) is 0 Å². The van der Waals surface area contributed by atoms with Crippen LogP contribution in [0, 0.1) is 23.0 Å². The molecule has 0 atom stereocenters. The molecule has 1 amide bonds. The summed E-state index contributed by atoms with van der Waals surface area (Å²) in [4.78, 5) is 13.4. The number of carbonyl (C=O) groups is 1. The quantitative estimate of drug-likeness (QED) is 0.320. The summed E-state index contributed by atoms with van der Waals surface area (Å²) in [5.74, 6) is -1.39. The fourth-order valence-electron chi connectivity index (χ4n) is 3.49. The normalized spacial score (nSPS) is 10.8. The van der Waals surface area contributed by atoms with Crippen molar-refractivity contribution in [2.24, 2.45) is 0 Å². The van der Waals surface area contributed by atoms with E-state index in [-0.39, 0.29) is 23.6 Å². The van der Waals surface area contributed by atoms with E-state index in [2.05, 4.69) is 11.4 Å². The summed E-state index contributed by atoms with van der Waals surface area (Å²) in [5, 5.41) is 12.3. The van der Waals surface area contributed by atoms with Crippen LogP contribution < -0.4 is 5.32 Å². The maximum atomic E-state index is 14.4. The van der Waals surface area contributed by atoms with Gasteiger partial charge in [0.1, 0.15) is 11.6 Å². The number of nitrogens with one attached hydrogen (secondary N) is 1. The first-order valence-electron chi connectivity index (χ1n) is 9.86. The van der Waals surface area contributed by atoms with Gasteiger partial charge in [0.05, 0.1) is 17.5 Å². The number of rotatable bonds is 6. The first-order valence-corrected chi connectivity index (χ1v) is 11.1. The molecule has 7 heteroatoms. The van der Waals surface area contributed by atoms with E-state index in [1.165, 1.54) is 18.2 Å². The van der Waals surface area contributed by atoms with E-state index in [9.17, 15) is 13.6 Å². The highest BCUT2D eigenvalue weighted by Gasteiger charge is 2.14. The second kappa shape index (κ2) is 9.47. The van der Waals surface area contributed by atoms with Crippen LogP contribution in [0.15, 0.2) is 60.7 Å². The molecule has 0 spiro atoms. The number of nitriles is 1. The smallest absolute Gasteiger partial charge is 0.251 e. The van der Waals surface area contributed by atoms with Crippen LogP contribution in [-0.2, 0) is 6.42 Å². The minimum atomic E-state index is -0.511. The van der Waals surface area contributed by atoms with Crippen LogP contribution in [0.2, 0.25) is 5.02 Å². The Balaban J connectivity index is 1.68. The molecule has 1 aromatic heterocycles. The van der Waals surface area contributed by atoms with E-state index in [1.54, 1.807) is 29.5 Å². The molecule has 1 heterocycles. The summed E-state index contributed by atoms with van der Waals surface area (Å²) >= 11 is 7.47. The van der Waals surface area contributed by atoms with E-state index in [4.69, 9.17) is 16.9 Å². The molecule has 0 unspecified atom stereocenters. The molecule has 0 saturated carbocycles. The Labute approximate surface area is 192 Å². The highest BCUT2D eigenvalue weighted by atomic mass is 35.5. The molecule has 0 bridgehead atoms. The number of hydrogen-bond donors (Lipinski definition) is 1. The first-order chi connectivity index (χ1) is 15.4. The molecule has 3 nitrogen and oxygen atoms in total. The van der Waals surface area contributed by atoms with Crippen molar-refractivity contribution in [3.05, 3.63) is 93.3 Å². The zero-order valence-electron chi connectivity index (χ0n) is 16.8. The van der Waals surface area contributed by atoms with Gasteiger partial charge < -0.3 is 5.32 Å². The summed E-state index contributed by atoms with van der Waals surface area (Å²) in [5.41, 5.74) is 2.51. The minimum absolute atomic E-state index is 0.0876. The number of fused-ring (bicyclic) bond motifs is 1. The van der Waals surface area contributed by atoms with Gasteiger partial charge in [-0.1, -0.05) is 35.9 Å². The molecule has 0 radical (unpaired) electrons. The van der Waals surface area contributed by atoms with Gasteiger partial charge in [0, 0.05) is 28.1 Å². The maximum Gasteiger partial charge on any atom is 0.251 e. The van der Waals surface area contributed by atoms with Crippen LogP contribution in [0.25, 0.3) is 21.2 Å². The Morgan fingerprint density at radius 1 is 1.09 bits per heavy atom. The zero-order chi connectivity index (χ0) is 22.7. The molecule has 32 heavy (non-hydrogen) atoms. The third kappa shape index (κ3) is 4.80. The van der Waals surface area contributed by atoms with Gasteiger partial charge in [0.2, 0.25) is 0 Å². The van der Waals surface area contributed by atoms with Crippen LogP contribution in [0.4, 0.5) is 8.78 Å². The van der Waals surface area contributed by atoms with Crippen LogP contribution in [0.1, 0.15) is 27.2 Å². The Kier molecular flexibility index (Phi) is 6.50. The highest BCUT2D eigenvalue weighted by Crippen LogP contribution is 2.36. The minimum Gasteiger partial charge on any atom is -0.351 e. The summed E-state index contributed by atoms with van der Waals surface area (Å²) in [6.07, 6.45) is 0.777. The van der Waals surface area contributed by atoms with E-state index in [0.29, 0.717) is 12.0 Å². The maximum absolute atomic E-state index is 14.4. The van der Waals surface area contributed by atoms with Gasteiger partial charge in [-0.3, -0.25) is 4.79 Å². The van der Waals surface area contributed by atoms with E-state index in [0.717, 1.165) is 26.1 Å². The zero-order valence-corrected chi connectivity index (χ0v) is 18.4. The number of carbonyl (C=O) groups excluding carboxylic acids is 1. The van der Waals surface area contributed by atoms with Crippen molar-refractivity contribution in [2.45, 2.75) is 12.8 Å². The van der Waals surface area contributed by atoms with Crippen molar-refractivity contribution in [3.8, 4) is 17.2 Å². The average Bonchev–Trinajstić information content (AvgIpc) is 3.18. The standard InChI is InChI=1S/C25H17ClF2N2OS/c26-22-10-15(5-6-23(22)28)9-20-14-16-3-1-4-21(24(16)32-20)17-11-18(13-19(27)12-17)25(31)30-8-2-7-29/h1,3-6,10-14H,2,8-9H2,(H,30,31). The van der Waals surface area contributed by atoms with Crippen molar-refractivity contribution >= 4 is 38.9 Å². The molecule has 0 saturated heterocycles. The summed E-state index contributed by atoms with van der Waals surface area (Å²) in [6.45, 7) is 0.207. The lowest BCUT2D eigenvalue weighted by atomic mass is 10.0. The van der Waals surface area contributed by atoms with Gasteiger partial charge >= 0.3 is 0 Å². The number of benzene rings is 3. The summed E-state index contributed by atoms with van der Waals surface area (Å²) < 4.78 is 28.8. The van der Waals surface area contributed by atoms with Gasteiger partial charge in [0.25, 0.3) is 5.91 Å². The molecular weight excluding hydrogens is 450 g/mol. The molecule has 160 valence electrons. The third-order valence-corrected chi connectivity index (χ3v) is 6.42. The second-order valence-electron chi connectivity index (χ2n) is 7.25. The lowest BCUT2D eigenvalue weighted by molar-refractivity contribution is 0.0954. The van der Waals surface area contributed by atoms with Crippen LogP contribution >= 0.6 is 22.9 Å². The van der Waals surface area contributed by atoms with E-state index in [1.807, 2.05) is 24.3 Å². The predicted molar refractivity (Wildman–Crippen MR) is 124 cm³/mol. The lowest BCUT2D eigenvalue weighted by Gasteiger charge is -2.08. The third-order valence-electron chi connectivity index (χ3n) is 4.95. The molecule has 3 aromatic carbocycles. The molecule has 0 aliphatic carbocycles. The van der Waals surface area contributed by atoms with Crippen LogP contribution in [-0.4, -0.2) is 12.5 Å². The summed E-state index contributed by atoms with van der Waals surface area (Å²) in [6, 6.07) is 18.7. The van der Waals surface area contributed by atoms with Gasteiger partial charge in [-0.15, -0.1) is 11.3 Å². The number of amides is 1. The number of nitrogens with zero attached hydrogens (tertiary/aromatic N) is 1. The van der Waals surface area contributed by atoms with Crippen LogP contribution in [0.5, 0.6) is 0 Å².